The van der Waals surface area contributed by atoms with Crippen LogP contribution >= 0.6 is 0 Å². The van der Waals surface area contributed by atoms with Gasteiger partial charge in [-0.05, 0) is 90.1 Å². The van der Waals surface area contributed by atoms with Gasteiger partial charge in [0.2, 0.25) is 0 Å². The number of para-hydroxylation sites is 1. The molecule has 5 rings (SSSR count). The lowest BCUT2D eigenvalue weighted by molar-refractivity contribution is 0.473. The van der Waals surface area contributed by atoms with Gasteiger partial charge in [0.1, 0.15) is 0 Å². The van der Waals surface area contributed by atoms with Gasteiger partial charge in [-0.15, -0.1) is 0 Å². The summed E-state index contributed by atoms with van der Waals surface area (Å²) in [4.78, 5) is 0. The third-order valence-electron chi connectivity index (χ3n) is 7.87. The summed E-state index contributed by atoms with van der Waals surface area (Å²) in [7, 11) is 0. The molecule has 0 saturated carbocycles. The van der Waals surface area contributed by atoms with Crippen LogP contribution in [-0.4, -0.2) is 4.57 Å². The maximum absolute atomic E-state index is 2.50. The molecular weight excluding hydrogens is 422 g/mol. The average Bonchev–Trinajstić information content (AvgIpc) is 3.21. The second-order valence-corrected chi connectivity index (χ2v) is 10.9. The van der Waals surface area contributed by atoms with E-state index in [1.807, 2.05) is 0 Å². The quantitative estimate of drug-likeness (QED) is 0.246. The minimum Gasteiger partial charge on any atom is -0.310 e. The summed E-state index contributed by atoms with van der Waals surface area (Å²) >= 11 is 0. The van der Waals surface area contributed by atoms with Crippen LogP contribution < -0.4 is 0 Å². The first-order valence-electron chi connectivity index (χ1n) is 13.5. The van der Waals surface area contributed by atoms with Crippen LogP contribution in [0.25, 0.3) is 33.8 Å². The number of benzene rings is 3. The number of rotatable bonds is 8. The predicted molar refractivity (Wildman–Crippen MR) is 152 cm³/mol. The Kier molecular flexibility index (Phi) is 6.69. The molecule has 4 aromatic rings. The van der Waals surface area contributed by atoms with Crippen molar-refractivity contribution in [3.8, 4) is 16.8 Å². The fourth-order valence-electron chi connectivity index (χ4n) is 5.87. The van der Waals surface area contributed by atoms with E-state index in [0.717, 1.165) is 6.42 Å². The largest absolute Gasteiger partial charge is 0.310 e. The summed E-state index contributed by atoms with van der Waals surface area (Å²) in [6, 6.07) is 27.2. The lowest BCUT2D eigenvalue weighted by Crippen LogP contribution is -2.16. The highest BCUT2D eigenvalue weighted by Gasteiger charge is 2.22. The fourth-order valence-corrected chi connectivity index (χ4v) is 5.87. The van der Waals surface area contributed by atoms with Crippen LogP contribution in [0.3, 0.4) is 0 Å². The zero-order chi connectivity index (χ0) is 24.4. The third-order valence-corrected chi connectivity index (χ3v) is 7.87. The lowest BCUT2D eigenvalue weighted by Gasteiger charge is -2.25. The van der Waals surface area contributed by atoms with Crippen LogP contribution in [0.2, 0.25) is 0 Å². The first-order chi connectivity index (χ1) is 17.0. The number of fused-ring (bicyclic) bond motifs is 3. The Labute approximate surface area is 211 Å². The SMILES string of the molecule is CCCCC1=Cc2c(c3cc(-c4cccc(C(C)(C)CCC)c4)ccc3n2-c2ccccc2)CC1. The standard InChI is InChI=1S/C34H39N/c1-5-7-12-25-17-19-30-31-24-27(26-13-11-14-28(23-26)34(3,4)21-6-2)18-20-32(31)35(33(30)22-25)29-15-9-8-10-16-29/h8-11,13-16,18,20,22-24H,5-7,12,17,19,21H2,1-4H3. The molecule has 0 fully saturated rings. The first-order valence-corrected chi connectivity index (χ1v) is 13.5. The van der Waals surface area contributed by atoms with Crippen molar-refractivity contribution in [2.75, 3.05) is 0 Å². The van der Waals surface area contributed by atoms with Crippen molar-refractivity contribution >= 4 is 17.0 Å². The second-order valence-electron chi connectivity index (χ2n) is 10.9. The van der Waals surface area contributed by atoms with Crippen LogP contribution in [0.15, 0.2) is 78.4 Å². The lowest BCUT2D eigenvalue weighted by atomic mass is 9.80. The number of aryl methyl sites for hydroxylation is 1. The number of nitrogens with zero attached hydrogens (tertiary/aromatic N) is 1. The van der Waals surface area contributed by atoms with Crippen molar-refractivity contribution in [1.82, 2.24) is 4.57 Å². The van der Waals surface area contributed by atoms with Gasteiger partial charge in [-0.3, -0.25) is 0 Å². The molecular formula is C34H39N. The maximum atomic E-state index is 2.50. The summed E-state index contributed by atoms with van der Waals surface area (Å²) < 4.78 is 2.49. The van der Waals surface area contributed by atoms with E-state index in [1.165, 1.54) is 83.1 Å². The Hall–Kier alpha value is -3.06. The van der Waals surface area contributed by atoms with E-state index in [1.54, 1.807) is 5.57 Å². The van der Waals surface area contributed by atoms with Crippen molar-refractivity contribution in [3.05, 3.63) is 95.2 Å². The van der Waals surface area contributed by atoms with Gasteiger partial charge in [-0.2, -0.15) is 0 Å². The van der Waals surface area contributed by atoms with Crippen molar-refractivity contribution in [3.63, 3.8) is 0 Å². The van der Waals surface area contributed by atoms with E-state index in [2.05, 4.69) is 111 Å². The van der Waals surface area contributed by atoms with Gasteiger partial charge in [-0.25, -0.2) is 0 Å². The summed E-state index contributed by atoms with van der Waals surface area (Å²) in [6.45, 7) is 9.31. The Balaban J connectivity index is 1.65. The number of aromatic nitrogens is 1. The summed E-state index contributed by atoms with van der Waals surface area (Å²) in [5.41, 5.74) is 11.3. The molecule has 0 unspecified atom stereocenters. The van der Waals surface area contributed by atoms with E-state index in [0.29, 0.717) is 0 Å². The Morgan fingerprint density at radius 3 is 2.37 bits per heavy atom. The zero-order valence-corrected chi connectivity index (χ0v) is 21.9. The van der Waals surface area contributed by atoms with E-state index >= 15 is 0 Å². The van der Waals surface area contributed by atoms with Crippen molar-refractivity contribution in [1.29, 1.82) is 0 Å². The van der Waals surface area contributed by atoms with Crippen molar-refractivity contribution < 1.29 is 0 Å². The molecule has 0 radical (unpaired) electrons. The van der Waals surface area contributed by atoms with Crippen molar-refractivity contribution in [2.24, 2.45) is 0 Å². The van der Waals surface area contributed by atoms with Crippen LogP contribution in [0.1, 0.15) is 83.0 Å². The van der Waals surface area contributed by atoms with Gasteiger partial charge in [0.25, 0.3) is 0 Å². The normalized spacial score (nSPS) is 13.7. The topological polar surface area (TPSA) is 4.93 Å². The maximum Gasteiger partial charge on any atom is 0.0538 e. The van der Waals surface area contributed by atoms with E-state index in [-0.39, 0.29) is 5.41 Å². The van der Waals surface area contributed by atoms with E-state index in [9.17, 15) is 0 Å². The predicted octanol–water partition coefficient (Wildman–Crippen LogP) is 9.89. The molecule has 1 aliphatic carbocycles. The average molecular weight is 462 g/mol. The van der Waals surface area contributed by atoms with Crippen LogP contribution in [-0.2, 0) is 11.8 Å². The van der Waals surface area contributed by atoms with Crippen LogP contribution in [0, 0.1) is 0 Å². The minimum absolute atomic E-state index is 0.199. The van der Waals surface area contributed by atoms with Gasteiger partial charge < -0.3 is 4.57 Å². The third kappa shape index (κ3) is 4.61. The van der Waals surface area contributed by atoms with Gasteiger partial charge >= 0.3 is 0 Å². The molecule has 0 N–H and O–H groups in total. The molecule has 3 aromatic carbocycles. The van der Waals surface area contributed by atoms with E-state index < -0.39 is 0 Å². The molecule has 1 aliphatic rings. The summed E-state index contributed by atoms with van der Waals surface area (Å²) in [5.74, 6) is 0. The molecule has 1 aromatic heterocycles. The Bertz CT molecular complexity index is 1350. The van der Waals surface area contributed by atoms with Gasteiger partial charge in [0.05, 0.1) is 5.52 Å². The molecule has 1 heterocycles. The highest BCUT2D eigenvalue weighted by molar-refractivity contribution is 5.94. The molecule has 0 amide bonds. The van der Waals surface area contributed by atoms with E-state index in [4.69, 9.17) is 0 Å². The van der Waals surface area contributed by atoms with Crippen LogP contribution in [0.4, 0.5) is 0 Å². The molecule has 0 aliphatic heterocycles. The van der Waals surface area contributed by atoms with Crippen molar-refractivity contribution in [2.45, 2.75) is 78.1 Å². The summed E-state index contributed by atoms with van der Waals surface area (Å²) in [5, 5.41) is 1.41. The number of unbranched alkanes of at least 4 members (excludes halogenated alkanes) is 1. The van der Waals surface area contributed by atoms with Gasteiger partial charge in [0, 0.05) is 16.8 Å². The fraction of sp³-hybridized carbons (Fsp3) is 0.353. The molecule has 0 spiro atoms. The molecule has 35 heavy (non-hydrogen) atoms. The van der Waals surface area contributed by atoms with Gasteiger partial charge in [0.15, 0.2) is 0 Å². The molecule has 1 heteroatoms. The summed E-state index contributed by atoms with van der Waals surface area (Å²) in [6.07, 6.45) is 11.0. The molecule has 1 nitrogen and oxygen atoms in total. The number of hydrogen-bond donors (Lipinski definition) is 0. The second kappa shape index (κ2) is 9.90. The minimum atomic E-state index is 0.199. The number of hydrogen-bond acceptors (Lipinski definition) is 0. The highest BCUT2D eigenvalue weighted by atomic mass is 15.0. The monoisotopic (exact) mass is 461 g/mol. The smallest absolute Gasteiger partial charge is 0.0538 e. The van der Waals surface area contributed by atoms with Gasteiger partial charge in [-0.1, -0.05) is 94.6 Å². The Morgan fingerprint density at radius 2 is 1.60 bits per heavy atom. The first kappa shape index (κ1) is 23.7. The highest BCUT2D eigenvalue weighted by Crippen LogP contribution is 2.39. The molecule has 0 saturated heterocycles. The molecule has 0 bridgehead atoms. The van der Waals surface area contributed by atoms with Crippen LogP contribution in [0.5, 0.6) is 0 Å². The zero-order valence-electron chi connectivity index (χ0n) is 21.9. The molecule has 180 valence electrons. The molecule has 0 atom stereocenters. The number of allylic oxidation sites excluding steroid dienone is 1. The Morgan fingerprint density at radius 1 is 0.800 bits per heavy atom.